The van der Waals surface area contributed by atoms with Gasteiger partial charge in [0, 0.05) is 29.6 Å². The Balaban J connectivity index is 1.61. The minimum absolute atomic E-state index is 0.110. The summed E-state index contributed by atoms with van der Waals surface area (Å²) in [6, 6.07) is 12.7. The second kappa shape index (κ2) is 9.34. The molecule has 0 aliphatic carbocycles. The number of hydrogen-bond donors (Lipinski definition) is 2. The van der Waals surface area contributed by atoms with Crippen molar-refractivity contribution in [2.24, 2.45) is 0 Å². The third-order valence-corrected chi connectivity index (χ3v) is 5.05. The number of alkyl halides is 3. The molecule has 0 aliphatic rings. The van der Waals surface area contributed by atoms with Gasteiger partial charge in [-0.15, -0.1) is 0 Å². The third-order valence-electron chi connectivity index (χ3n) is 5.05. The van der Waals surface area contributed by atoms with Gasteiger partial charge in [0.1, 0.15) is 5.56 Å². The fourth-order valence-corrected chi connectivity index (χ4v) is 3.40. The van der Waals surface area contributed by atoms with Crippen LogP contribution in [-0.4, -0.2) is 33.0 Å². The van der Waals surface area contributed by atoms with Crippen molar-refractivity contribution >= 4 is 23.1 Å². The number of hydrogen-bond acceptors (Lipinski definition) is 4. The molecule has 2 aromatic heterocycles. The Kier molecular flexibility index (Phi) is 6.31. The molecule has 2 amide bonds. The van der Waals surface area contributed by atoms with Gasteiger partial charge in [-0.2, -0.15) is 18.3 Å². The van der Waals surface area contributed by atoms with Crippen LogP contribution in [0.3, 0.4) is 0 Å². The van der Waals surface area contributed by atoms with Crippen molar-refractivity contribution < 1.29 is 22.8 Å². The predicted octanol–water partition coefficient (Wildman–Crippen LogP) is 4.81. The Morgan fingerprint density at radius 1 is 1.03 bits per heavy atom. The molecule has 10 heteroatoms. The van der Waals surface area contributed by atoms with Crippen molar-refractivity contribution in [2.45, 2.75) is 19.5 Å². The van der Waals surface area contributed by atoms with Crippen LogP contribution in [0.2, 0.25) is 0 Å². The van der Waals surface area contributed by atoms with E-state index in [9.17, 15) is 22.8 Å². The summed E-state index contributed by atoms with van der Waals surface area (Å²) in [5.74, 6) is -0.944. The highest BCUT2D eigenvalue weighted by molar-refractivity contribution is 6.04. The summed E-state index contributed by atoms with van der Waals surface area (Å²) in [4.78, 5) is 29.2. The van der Waals surface area contributed by atoms with E-state index in [0.29, 0.717) is 34.7 Å². The molecule has 2 N–H and O–H groups in total. The van der Waals surface area contributed by atoms with Gasteiger partial charge in [0.25, 0.3) is 11.8 Å². The van der Waals surface area contributed by atoms with Crippen molar-refractivity contribution in [3.8, 4) is 11.3 Å². The van der Waals surface area contributed by atoms with Gasteiger partial charge in [-0.3, -0.25) is 9.59 Å². The number of nitrogens with one attached hydrogen (secondary N) is 2. The van der Waals surface area contributed by atoms with Gasteiger partial charge in [-0.1, -0.05) is 25.1 Å². The molecule has 0 unspecified atom stereocenters. The Hall–Kier alpha value is -4.21. The van der Waals surface area contributed by atoms with E-state index < -0.39 is 17.6 Å². The van der Waals surface area contributed by atoms with E-state index in [-0.39, 0.29) is 11.5 Å². The van der Waals surface area contributed by atoms with Gasteiger partial charge in [-0.25, -0.2) is 9.50 Å². The van der Waals surface area contributed by atoms with Crippen molar-refractivity contribution in [2.75, 3.05) is 11.9 Å². The van der Waals surface area contributed by atoms with Crippen LogP contribution in [0.4, 0.5) is 18.9 Å². The second-order valence-electron chi connectivity index (χ2n) is 7.49. The topological polar surface area (TPSA) is 88.4 Å². The number of rotatable bonds is 6. The lowest BCUT2D eigenvalue weighted by Crippen LogP contribution is -2.23. The third kappa shape index (κ3) is 4.75. The van der Waals surface area contributed by atoms with E-state index in [1.54, 1.807) is 36.5 Å². The smallest absolute Gasteiger partial charge is 0.352 e. The molecule has 2 aromatic carbocycles. The van der Waals surface area contributed by atoms with Crippen LogP contribution >= 0.6 is 0 Å². The molecule has 0 saturated heterocycles. The fraction of sp³-hybridized carbons (Fsp3) is 0.167. The van der Waals surface area contributed by atoms with Crippen LogP contribution in [0.5, 0.6) is 0 Å². The first-order chi connectivity index (χ1) is 16.3. The molecule has 0 spiro atoms. The van der Waals surface area contributed by atoms with E-state index in [2.05, 4.69) is 20.7 Å². The number of amides is 2. The second-order valence-corrected chi connectivity index (χ2v) is 7.49. The van der Waals surface area contributed by atoms with Crippen LogP contribution in [0.25, 0.3) is 16.9 Å². The average Bonchev–Trinajstić information content (AvgIpc) is 3.26. The predicted molar refractivity (Wildman–Crippen MR) is 120 cm³/mol. The molecule has 0 saturated carbocycles. The van der Waals surface area contributed by atoms with E-state index in [1.807, 2.05) is 6.92 Å². The van der Waals surface area contributed by atoms with E-state index in [1.165, 1.54) is 22.8 Å². The first-order valence-corrected chi connectivity index (χ1v) is 10.5. The summed E-state index contributed by atoms with van der Waals surface area (Å²) in [7, 11) is 0. The standard InChI is InChI=1S/C24H20F3N5O2/c1-2-10-29-23(34)19-14-30-32-20(9-11-28-21(19)32)15-5-4-8-18(13-15)31-22(33)16-6-3-7-17(12-16)24(25,26)27/h3-9,11-14H,2,10H2,1H3,(H,29,34)(H,31,33). The molecule has 4 aromatic rings. The average molecular weight is 467 g/mol. The lowest BCUT2D eigenvalue weighted by Gasteiger charge is -2.11. The van der Waals surface area contributed by atoms with Crippen LogP contribution in [0.15, 0.2) is 67.0 Å². The lowest BCUT2D eigenvalue weighted by atomic mass is 10.1. The van der Waals surface area contributed by atoms with Crippen molar-refractivity contribution in [1.82, 2.24) is 19.9 Å². The SMILES string of the molecule is CCCNC(=O)c1cnn2c(-c3cccc(NC(=O)c4cccc(C(F)(F)F)c4)c3)ccnc12. The summed E-state index contributed by atoms with van der Waals surface area (Å²) in [5.41, 5.74) is 1.38. The quantitative estimate of drug-likeness (QED) is 0.426. The Bertz CT molecular complexity index is 1360. The molecule has 174 valence electrons. The number of benzene rings is 2. The van der Waals surface area contributed by atoms with Gasteiger partial charge < -0.3 is 10.6 Å². The van der Waals surface area contributed by atoms with Crippen LogP contribution in [-0.2, 0) is 6.18 Å². The maximum Gasteiger partial charge on any atom is 0.416 e. The number of nitrogens with zero attached hydrogens (tertiary/aromatic N) is 3. The lowest BCUT2D eigenvalue weighted by molar-refractivity contribution is -0.137. The van der Waals surface area contributed by atoms with E-state index in [4.69, 9.17) is 0 Å². The normalized spacial score (nSPS) is 11.4. The van der Waals surface area contributed by atoms with Gasteiger partial charge in [-0.05, 0) is 42.8 Å². The molecule has 0 aliphatic heterocycles. The van der Waals surface area contributed by atoms with Crippen LogP contribution in [0.1, 0.15) is 39.6 Å². The maximum atomic E-state index is 13.0. The number of anilines is 1. The Labute approximate surface area is 192 Å². The minimum Gasteiger partial charge on any atom is -0.352 e. The summed E-state index contributed by atoms with van der Waals surface area (Å²) in [5, 5.41) is 9.72. The van der Waals surface area contributed by atoms with Crippen LogP contribution < -0.4 is 10.6 Å². The number of fused-ring (bicyclic) bond motifs is 1. The largest absolute Gasteiger partial charge is 0.416 e. The van der Waals surface area contributed by atoms with E-state index in [0.717, 1.165) is 18.6 Å². The zero-order valence-corrected chi connectivity index (χ0v) is 18.1. The highest BCUT2D eigenvalue weighted by atomic mass is 19.4. The van der Waals surface area contributed by atoms with Gasteiger partial charge in [0.05, 0.1) is 17.5 Å². The molecule has 34 heavy (non-hydrogen) atoms. The summed E-state index contributed by atoms with van der Waals surface area (Å²) in [6.45, 7) is 2.48. The molecule has 0 fully saturated rings. The zero-order valence-electron chi connectivity index (χ0n) is 18.1. The van der Waals surface area contributed by atoms with Gasteiger partial charge >= 0.3 is 6.18 Å². The molecular weight excluding hydrogens is 447 g/mol. The summed E-state index contributed by atoms with van der Waals surface area (Å²) in [6.07, 6.45) is -0.755. The Morgan fingerprint density at radius 3 is 2.59 bits per heavy atom. The highest BCUT2D eigenvalue weighted by Gasteiger charge is 2.30. The minimum atomic E-state index is -4.54. The summed E-state index contributed by atoms with van der Waals surface area (Å²) >= 11 is 0. The summed E-state index contributed by atoms with van der Waals surface area (Å²) < 4.78 is 40.4. The van der Waals surface area contributed by atoms with Crippen LogP contribution in [0, 0.1) is 0 Å². The molecular formula is C24H20F3N5O2. The van der Waals surface area contributed by atoms with Gasteiger partial charge in [0.15, 0.2) is 5.65 Å². The number of halogens is 3. The molecule has 0 radical (unpaired) electrons. The van der Waals surface area contributed by atoms with Gasteiger partial charge in [0.2, 0.25) is 0 Å². The molecule has 7 nitrogen and oxygen atoms in total. The fourth-order valence-electron chi connectivity index (χ4n) is 3.40. The maximum absolute atomic E-state index is 13.0. The molecule has 0 atom stereocenters. The number of carbonyl (C=O) groups excluding carboxylic acids is 2. The van der Waals surface area contributed by atoms with Crippen molar-refractivity contribution in [3.05, 3.63) is 83.7 Å². The molecule has 0 bridgehead atoms. The van der Waals surface area contributed by atoms with E-state index >= 15 is 0 Å². The highest BCUT2D eigenvalue weighted by Crippen LogP contribution is 2.30. The van der Waals surface area contributed by atoms with Crippen molar-refractivity contribution in [3.63, 3.8) is 0 Å². The number of aromatic nitrogens is 3. The molecule has 4 rings (SSSR count). The number of carbonyl (C=O) groups is 2. The monoisotopic (exact) mass is 467 g/mol. The van der Waals surface area contributed by atoms with Crippen molar-refractivity contribution in [1.29, 1.82) is 0 Å². The Morgan fingerprint density at radius 2 is 1.82 bits per heavy atom. The molecule has 2 heterocycles. The zero-order chi connectivity index (χ0) is 24.3. The first kappa shape index (κ1) is 23.0. The first-order valence-electron chi connectivity index (χ1n) is 10.5.